The fraction of sp³-hybridized carbons (Fsp3) is 0.318. The van der Waals surface area contributed by atoms with Crippen LogP contribution < -0.4 is 10.6 Å². The van der Waals surface area contributed by atoms with Crippen molar-refractivity contribution in [3.05, 3.63) is 59.2 Å². The van der Waals surface area contributed by atoms with Crippen LogP contribution in [0.2, 0.25) is 0 Å². The van der Waals surface area contributed by atoms with Gasteiger partial charge in [0.05, 0.1) is 17.9 Å². The number of carbonyl (C=O) groups is 3. The van der Waals surface area contributed by atoms with Crippen molar-refractivity contribution in [1.82, 2.24) is 0 Å². The molecule has 154 valence electrons. The van der Waals surface area contributed by atoms with Gasteiger partial charge in [0.25, 0.3) is 0 Å². The molecule has 2 aromatic rings. The summed E-state index contributed by atoms with van der Waals surface area (Å²) in [5, 5.41) is 5.67. The molecule has 0 fully saturated rings. The van der Waals surface area contributed by atoms with E-state index in [1.165, 1.54) is 11.8 Å². The van der Waals surface area contributed by atoms with Crippen molar-refractivity contribution in [3.63, 3.8) is 0 Å². The number of rotatable bonds is 9. The molecule has 0 aliphatic carbocycles. The molecule has 0 saturated carbocycles. The first-order valence-electron chi connectivity index (χ1n) is 9.41. The summed E-state index contributed by atoms with van der Waals surface area (Å²) < 4.78 is 4.92. The standard InChI is InChI=1S/C22H26N2O4S/c1-4-28-22(27)17-6-8-18(9-7-17)23-21(26)14-29-12-11-20(25)24-19-10-5-15(2)13-16(19)3/h5-10,13H,4,11-12,14H2,1-3H3,(H,23,26)(H,24,25). The van der Waals surface area contributed by atoms with Gasteiger partial charge in [-0.2, -0.15) is 11.8 Å². The number of anilines is 2. The maximum atomic E-state index is 12.1. The minimum absolute atomic E-state index is 0.0700. The van der Waals surface area contributed by atoms with Crippen molar-refractivity contribution in [2.75, 3.05) is 28.7 Å². The molecule has 0 bridgehead atoms. The average Bonchev–Trinajstić information content (AvgIpc) is 2.68. The third-order valence-electron chi connectivity index (χ3n) is 4.04. The van der Waals surface area contributed by atoms with E-state index >= 15 is 0 Å². The lowest BCUT2D eigenvalue weighted by Gasteiger charge is -2.09. The van der Waals surface area contributed by atoms with Crippen LogP contribution in [-0.2, 0) is 14.3 Å². The lowest BCUT2D eigenvalue weighted by atomic mass is 10.1. The quantitative estimate of drug-likeness (QED) is 0.475. The highest BCUT2D eigenvalue weighted by molar-refractivity contribution is 7.99. The van der Waals surface area contributed by atoms with Gasteiger partial charge in [0, 0.05) is 23.5 Å². The first-order chi connectivity index (χ1) is 13.9. The summed E-state index contributed by atoms with van der Waals surface area (Å²) in [4.78, 5) is 35.7. The number of aryl methyl sites for hydroxylation is 2. The highest BCUT2D eigenvalue weighted by Crippen LogP contribution is 2.17. The van der Waals surface area contributed by atoms with Crippen LogP contribution in [0, 0.1) is 13.8 Å². The van der Waals surface area contributed by atoms with Gasteiger partial charge in [-0.15, -0.1) is 0 Å². The summed E-state index contributed by atoms with van der Waals surface area (Å²) in [6.45, 7) is 6.03. The highest BCUT2D eigenvalue weighted by atomic mass is 32.2. The van der Waals surface area contributed by atoms with E-state index in [4.69, 9.17) is 4.74 Å². The largest absolute Gasteiger partial charge is 0.462 e. The van der Waals surface area contributed by atoms with Crippen LogP contribution in [0.3, 0.4) is 0 Å². The van der Waals surface area contributed by atoms with Crippen molar-refractivity contribution in [2.24, 2.45) is 0 Å². The molecule has 29 heavy (non-hydrogen) atoms. The van der Waals surface area contributed by atoms with Crippen molar-refractivity contribution >= 4 is 40.9 Å². The molecular weight excluding hydrogens is 388 g/mol. The Morgan fingerprint density at radius 1 is 0.966 bits per heavy atom. The zero-order chi connectivity index (χ0) is 21.2. The maximum Gasteiger partial charge on any atom is 0.338 e. The zero-order valence-electron chi connectivity index (χ0n) is 16.9. The van der Waals surface area contributed by atoms with E-state index in [1.807, 2.05) is 32.0 Å². The van der Waals surface area contributed by atoms with Crippen LogP contribution in [0.4, 0.5) is 11.4 Å². The summed E-state index contributed by atoms with van der Waals surface area (Å²) in [6.07, 6.45) is 0.333. The van der Waals surface area contributed by atoms with Gasteiger partial charge in [0.15, 0.2) is 0 Å². The van der Waals surface area contributed by atoms with Crippen molar-refractivity contribution < 1.29 is 19.1 Å². The third kappa shape index (κ3) is 7.62. The second-order valence-electron chi connectivity index (χ2n) is 6.52. The van der Waals surface area contributed by atoms with Gasteiger partial charge >= 0.3 is 5.97 Å². The maximum absolute atomic E-state index is 12.1. The number of carbonyl (C=O) groups excluding carboxylic acids is 3. The fourth-order valence-corrected chi connectivity index (χ4v) is 3.33. The highest BCUT2D eigenvalue weighted by Gasteiger charge is 2.09. The molecule has 2 aromatic carbocycles. The monoisotopic (exact) mass is 414 g/mol. The number of benzene rings is 2. The van der Waals surface area contributed by atoms with Crippen LogP contribution >= 0.6 is 11.8 Å². The molecular formula is C22H26N2O4S. The third-order valence-corrected chi connectivity index (χ3v) is 5.00. The Balaban J connectivity index is 1.69. The minimum Gasteiger partial charge on any atom is -0.462 e. The van der Waals surface area contributed by atoms with Gasteiger partial charge in [-0.25, -0.2) is 4.79 Å². The molecule has 0 atom stereocenters. The second kappa shape index (κ2) is 11.3. The molecule has 0 heterocycles. The first kappa shape index (κ1) is 22.5. The Morgan fingerprint density at radius 2 is 1.69 bits per heavy atom. The summed E-state index contributed by atoms with van der Waals surface area (Å²) in [7, 11) is 0. The number of amides is 2. The Bertz CT molecular complexity index is 866. The van der Waals surface area contributed by atoms with E-state index < -0.39 is 0 Å². The van der Waals surface area contributed by atoms with E-state index in [-0.39, 0.29) is 23.5 Å². The predicted molar refractivity (Wildman–Crippen MR) is 118 cm³/mol. The van der Waals surface area contributed by atoms with Crippen LogP contribution in [0.5, 0.6) is 0 Å². The number of nitrogens with one attached hydrogen (secondary N) is 2. The van der Waals surface area contributed by atoms with Gasteiger partial charge < -0.3 is 15.4 Å². The summed E-state index contributed by atoms with van der Waals surface area (Å²) >= 11 is 1.39. The zero-order valence-corrected chi connectivity index (χ0v) is 17.7. The Labute approximate surface area is 175 Å². The van der Waals surface area contributed by atoms with Crippen LogP contribution in [0.25, 0.3) is 0 Å². The molecule has 2 rings (SSSR count). The lowest BCUT2D eigenvalue weighted by molar-refractivity contribution is -0.116. The molecule has 0 aliphatic heterocycles. The molecule has 0 spiro atoms. The molecule has 0 aromatic heterocycles. The van der Waals surface area contributed by atoms with E-state index in [0.29, 0.717) is 30.0 Å². The summed E-state index contributed by atoms with van der Waals surface area (Å²) in [6, 6.07) is 12.4. The molecule has 6 nitrogen and oxygen atoms in total. The number of hydrogen-bond acceptors (Lipinski definition) is 5. The molecule has 7 heteroatoms. The van der Waals surface area contributed by atoms with Gasteiger partial charge in [-0.05, 0) is 56.7 Å². The molecule has 2 N–H and O–H groups in total. The molecule has 0 unspecified atom stereocenters. The summed E-state index contributed by atoms with van der Waals surface area (Å²) in [5.74, 6) is 0.177. The van der Waals surface area contributed by atoms with Crippen LogP contribution in [-0.4, -0.2) is 35.9 Å². The number of hydrogen-bond donors (Lipinski definition) is 2. The van der Waals surface area contributed by atoms with Gasteiger partial charge in [-0.3, -0.25) is 9.59 Å². The van der Waals surface area contributed by atoms with E-state index in [9.17, 15) is 14.4 Å². The smallest absolute Gasteiger partial charge is 0.338 e. The second-order valence-corrected chi connectivity index (χ2v) is 7.62. The van der Waals surface area contributed by atoms with Crippen molar-refractivity contribution in [2.45, 2.75) is 27.2 Å². The lowest BCUT2D eigenvalue weighted by Crippen LogP contribution is -2.16. The summed E-state index contributed by atoms with van der Waals surface area (Å²) in [5.41, 5.74) is 4.04. The predicted octanol–water partition coefficient (Wildman–Crippen LogP) is 4.18. The van der Waals surface area contributed by atoms with Crippen LogP contribution in [0.15, 0.2) is 42.5 Å². The Morgan fingerprint density at radius 3 is 2.34 bits per heavy atom. The Hall–Kier alpha value is -2.80. The Kier molecular flexibility index (Phi) is 8.73. The van der Waals surface area contributed by atoms with E-state index in [1.54, 1.807) is 31.2 Å². The molecule has 2 amide bonds. The van der Waals surface area contributed by atoms with Gasteiger partial charge in [-0.1, -0.05) is 17.7 Å². The van der Waals surface area contributed by atoms with Gasteiger partial charge in [0.2, 0.25) is 11.8 Å². The van der Waals surface area contributed by atoms with Crippen molar-refractivity contribution in [3.8, 4) is 0 Å². The fourth-order valence-electron chi connectivity index (χ4n) is 2.60. The normalized spacial score (nSPS) is 10.3. The topological polar surface area (TPSA) is 84.5 Å². The van der Waals surface area contributed by atoms with Crippen molar-refractivity contribution in [1.29, 1.82) is 0 Å². The van der Waals surface area contributed by atoms with E-state index in [2.05, 4.69) is 10.6 Å². The number of thioether (sulfide) groups is 1. The van der Waals surface area contributed by atoms with Gasteiger partial charge in [0.1, 0.15) is 0 Å². The molecule has 0 saturated heterocycles. The van der Waals surface area contributed by atoms with Crippen LogP contribution in [0.1, 0.15) is 34.8 Å². The molecule has 0 radical (unpaired) electrons. The minimum atomic E-state index is -0.389. The SMILES string of the molecule is CCOC(=O)c1ccc(NC(=O)CSCCC(=O)Nc2ccc(C)cc2C)cc1. The number of ether oxygens (including phenoxy) is 1. The van der Waals surface area contributed by atoms with E-state index in [0.717, 1.165) is 16.8 Å². The molecule has 0 aliphatic rings. The number of esters is 1. The first-order valence-corrected chi connectivity index (χ1v) is 10.6. The average molecular weight is 415 g/mol.